The molecule has 1 N–H and O–H groups in total. The minimum atomic E-state index is 0.103. The van der Waals surface area contributed by atoms with Crippen molar-refractivity contribution in [3.05, 3.63) is 29.1 Å². The van der Waals surface area contributed by atoms with Gasteiger partial charge in [0.1, 0.15) is 5.52 Å². The zero-order valence-corrected chi connectivity index (χ0v) is 12.0. The van der Waals surface area contributed by atoms with Gasteiger partial charge in [0, 0.05) is 16.5 Å². The number of hydrogen-bond acceptors (Lipinski definition) is 3. The van der Waals surface area contributed by atoms with Gasteiger partial charge in [-0.2, -0.15) is 0 Å². The minimum Gasteiger partial charge on any atom is -0.440 e. The molecule has 1 aliphatic heterocycles. The standard InChI is InChI=1S/C15H19ClN2O/c1-2-5-15(6-8-17-9-7-15)14-18-12-4-3-11(16)10-13(12)19-14/h3-4,10,17H,2,5-9H2,1H3. The largest absolute Gasteiger partial charge is 0.440 e. The van der Waals surface area contributed by atoms with Crippen molar-refractivity contribution < 1.29 is 4.42 Å². The van der Waals surface area contributed by atoms with E-state index in [1.165, 1.54) is 0 Å². The molecule has 2 heterocycles. The molecule has 0 unspecified atom stereocenters. The molecule has 3 rings (SSSR count). The molecule has 19 heavy (non-hydrogen) atoms. The molecule has 2 aromatic rings. The monoisotopic (exact) mass is 278 g/mol. The van der Waals surface area contributed by atoms with E-state index in [1.807, 2.05) is 18.2 Å². The highest BCUT2D eigenvalue weighted by Crippen LogP contribution is 2.38. The third kappa shape index (κ3) is 2.37. The van der Waals surface area contributed by atoms with Gasteiger partial charge in [-0.3, -0.25) is 0 Å². The van der Waals surface area contributed by atoms with Crippen molar-refractivity contribution in [3.8, 4) is 0 Å². The second-order valence-electron chi connectivity index (χ2n) is 5.41. The molecule has 4 heteroatoms. The Bertz CT molecular complexity index is 567. The van der Waals surface area contributed by atoms with Crippen molar-refractivity contribution in [1.82, 2.24) is 10.3 Å². The maximum absolute atomic E-state index is 6.02. The molecule has 0 bridgehead atoms. The summed E-state index contributed by atoms with van der Waals surface area (Å²) in [5.74, 6) is 0.896. The van der Waals surface area contributed by atoms with Crippen molar-refractivity contribution in [3.63, 3.8) is 0 Å². The smallest absolute Gasteiger partial charge is 0.201 e. The highest BCUT2D eigenvalue weighted by molar-refractivity contribution is 6.31. The topological polar surface area (TPSA) is 38.1 Å². The molecule has 102 valence electrons. The highest BCUT2D eigenvalue weighted by atomic mass is 35.5. The Hall–Kier alpha value is -1.06. The maximum Gasteiger partial charge on any atom is 0.201 e. The van der Waals surface area contributed by atoms with Gasteiger partial charge >= 0.3 is 0 Å². The summed E-state index contributed by atoms with van der Waals surface area (Å²) in [5.41, 5.74) is 1.82. The summed E-state index contributed by atoms with van der Waals surface area (Å²) in [5, 5.41) is 4.12. The third-order valence-electron chi connectivity index (χ3n) is 4.09. The summed E-state index contributed by atoms with van der Waals surface area (Å²) < 4.78 is 6.02. The number of nitrogens with one attached hydrogen (secondary N) is 1. The van der Waals surface area contributed by atoms with Crippen LogP contribution >= 0.6 is 11.6 Å². The van der Waals surface area contributed by atoms with Crippen LogP contribution in [0.2, 0.25) is 5.02 Å². The molecule has 1 fully saturated rings. The average molecular weight is 279 g/mol. The van der Waals surface area contributed by atoms with E-state index in [9.17, 15) is 0 Å². The molecular weight excluding hydrogens is 260 g/mol. The predicted molar refractivity (Wildman–Crippen MR) is 77.7 cm³/mol. The molecule has 0 amide bonds. The van der Waals surface area contributed by atoms with Crippen molar-refractivity contribution in [1.29, 1.82) is 0 Å². The molecule has 0 radical (unpaired) electrons. The molecule has 0 saturated carbocycles. The second-order valence-corrected chi connectivity index (χ2v) is 5.85. The SMILES string of the molecule is CCCC1(c2nc3ccc(Cl)cc3o2)CCNCC1. The highest BCUT2D eigenvalue weighted by Gasteiger charge is 2.37. The lowest BCUT2D eigenvalue weighted by Gasteiger charge is -2.34. The van der Waals surface area contributed by atoms with Crippen LogP contribution < -0.4 is 5.32 Å². The summed E-state index contributed by atoms with van der Waals surface area (Å²) in [6, 6.07) is 5.66. The van der Waals surface area contributed by atoms with E-state index < -0.39 is 0 Å². The van der Waals surface area contributed by atoms with Gasteiger partial charge in [0.2, 0.25) is 5.89 Å². The fourth-order valence-electron chi connectivity index (χ4n) is 3.08. The first-order chi connectivity index (χ1) is 9.23. The van der Waals surface area contributed by atoms with Gasteiger partial charge in [0.15, 0.2) is 5.58 Å². The first-order valence-corrected chi connectivity index (χ1v) is 7.39. The van der Waals surface area contributed by atoms with Crippen LogP contribution in [0.15, 0.2) is 22.6 Å². The van der Waals surface area contributed by atoms with Gasteiger partial charge in [0.25, 0.3) is 0 Å². The van der Waals surface area contributed by atoms with Crippen LogP contribution in [0.1, 0.15) is 38.5 Å². The Labute approximate surface area is 118 Å². The zero-order valence-electron chi connectivity index (χ0n) is 11.2. The summed E-state index contributed by atoms with van der Waals surface area (Å²) in [6.45, 7) is 4.31. The average Bonchev–Trinajstić information content (AvgIpc) is 2.83. The molecule has 1 aliphatic rings. The molecule has 1 saturated heterocycles. The Morgan fingerprint density at radius 2 is 2.16 bits per heavy atom. The number of benzene rings is 1. The maximum atomic E-state index is 6.02. The fourth-order valence-corrected chi connectivity index (χ4v) is 3.24. The number of halogens is 1. The van der Waals surface area contributed by atoms with E-state index >= 15 is 0 Å². The van der Waals surface area contributed by atoms with Crippen LogP contribution in [0, 0.1) is 0 Å². The number of aromatic nitrogens is 1. The number of oxazole rings is 1. The number of rotatable bonds is 3. The van der Waals surface area contributed by atoms with Crippen molar-refractivity contribution in [2.45, 2.75) is 38.0 Å². The number of piperidine rings is 1. The van der Waals surface area contributed by atoms with Gasteiger partial charge in [-0.25, -0.2) is 4.98 Å². The van der Waals surface area contributed by atoms with E-state index in [-0.39, 0.29) is 5.41 Å². The van der Waals surface area contributed by atoms with E-state index in [0.29, 0.717) is 5.02 Å². The minimum absolute atomic E-state index is 0.103. The van der Waals surface area contributed by atoms with Gasteiger partial charge in [0.05, 0.1) is 0 Å². The van der Waals surface area contributed by atoms with Crippen molar-refractivity contribution in [2.24, 2.45) is 0 Å². The van der Waals surface area contributed by atoms with Crippen molar-refractivity contribution in [2.75, 3.05) is 13.1 Å². The Kier molecular flexibility index (Phi) is 3.50. The first-order valence-electron chi connectivity index (χ1n) is 7.01. The molecule has 3 nitrogen and oxygen atoms in total. The summed E-state index contributed by atoms with van der Waals surface area (Å²) in [7, 11) is 0. The molecule has 0 aliphatic carbocycles. The first kappa shape index (κ1) is 12.9. The summed E-state index contributed by atoms with van der Waals surface area (Å²) in [6.07, 6.45) is 4.48. The van der Waals surface area contributed by atoms with E-state index in [1.54, 1.807) is 0 Å². The van der Waals surface area contributed by atoms with Crippen LogP contribution in [0.3, 0.4) is 0 Å². The quantitative estimate of drug-likeness (QED) is 0.925. The van der Waals surface area contributed by atoms with Gasteiger partial charge in [-0.05, 0) is 44.5 Å². The van der Waals surface area contributed by atoms with E-state index in [0.717, 1.165) is 55.8 Å². The third-order valence-corrected chi connectivity index (χ3v) is 4.33. The molecule has 0 spiro atoms. The lowest BCUT2D eigenvalue weighted by Crippen LogP contribution is -2.40. The van der Waals surface area contributed by atoms with E-state index in [4.69, 9.17) is 21.0 Å². The van der Waals surface area contributed by atoms with Gasteiger partial charge < -0.3 is 9.73 Å². The Morgan fingerprint density at radius 1 is 1.37 bits per heavy atom. The second kappa shape index (κ2) is 5.14. The molecular formula is C15H19ClN2O. The fraction of sp³-hybridized carbons (Fsp3) is 0.533. The predicted octanol–water partition coefficient (Wildman–Crippen LogP) is 3.90. The van der Waals surface area contributed by atoms with Crippen LogP contribution in [0.5, 0.6) is 0 Å². The lowest BCUT2D eigenvalue weighted by molar-refractivity contribution is 0.234. The van der Waals surface area contributed by atoms with E-state index in [2.05, 4.69) is 12.2 Å². The Morgan fingerprint density at radius 3 is 2.89 bits per heavy atom. The van der Waals surface area contributed by atoms with Crippen LogP contribution in [-0.4, -0.2) is 18.1 Å². The summed E-state index contributed by atoms with van der Waals surface area (Å²) >= 11 is 6.01. The zero-order chi connectivity index (χ0) is 13.3. The van der Waals surface area contributed by atoms with Crippen LogP contribution in [-0.2, 0) is 5.41 Å². The number of fused-ring (bicyclic) bond motifs is 1. The molecule has 1 aromatic heterocycles. The number of nitrogens with zero attached hydrogens (tertiary/aromatic N) is 1. The van der Waals surface area contributed by atoms with Crippen LogP contribution in [0.4, 0.5) is 0 Å². The Balaban J connectivity index is 2.04. The molecule has 1 aromatic carbocycles. The van der Waals surface area contributed by atoms with Crippen molar-refractivity contribution >= 4 is 22.7 Å². The normalized spacial score (nSPS) is 18.8. The van der Waals surface area contributed by atoms with Gasteiger partial charge in [-0.1, -0.05) is 24.9 Å². The van der Waals surface area contributed by atoms with Gasteiger partial charge in [-0.15, -0.1) is 0 Å². The lowest BCUT2D eigenvalue weighted by atomic mass is 9.75. The number of hydrogen-bond donors (Lipinski definition) is 1. The molecule has 0 atom stereocenters. The summed E-state index contributed by atoms with van der Waals surface area (Å²) in [4.78, 5) is 4.72. The van der Waals surface area contributed by atoms with Crippen LogP contribution in [0.25, 0.3) is 11.1 Å².